The first-order valence-corrected chi connectivity index (χ1v) is 21.5. The largest absolute Gasteiger partial charge is 0.458 e. The second-order valence-corrected chi connectivity index (χ2v) is 16.1. The van der Waals surface area contributed by atoms with Gasteiger partial charge in [-0.05, 0) is 60.7 Å². The molecular weight excluding hydrogens is 853 g/mol. The number of carbonyl (C=O) groups is 4. The summed E-state index contributed by atoms with van der Waals surface area (Å²) in [4.78, 5) is 80.6. The summed E-state index contributed by atoms with van der Waals surface area (Å²) < 4.78 is 33.9. The van der Waals surface area contributed by atoms with Crippen LogP contribution < -0.4 is 22.0 Å². The molecule has 4 aromatic carbocycles. The van der Waals surface area contributed by atoms with Crippen molar-refractivity contribution in [2.24, 2.45) is 0 Å². The number of thioether (sulfide) groups is 1. The topological polar surface area (TPSA) is 227 Å². The highest BCUT2D eigenvalue weighted by Gasteiger charge is 2.30. The van der Waals surface area contributed by atoms with E-state index >= 15 is 0 Å². The fraction of sp³-hybridized carbons (Fsp3) is 0.182. The lowest BCUT2D eigenvalue weighted by Gasteiger charge is -2.13. The van der Waals surface area contributed by atoms with Crippen molar-refractivity contribution in [3.8, 4) is 0 Å². The number of rotatable bonds is 11. The van der Waals surface area contributed by atoms with Gasteiger partial charge in [0.25, 0.3) is 11.8 Å². The number of hydrogen-bond acceptors (Lipinski definition) is 14. The number of aromatic nitrogens is 4. The minimum absolute atomic E-state index is 0.0559. The normalized spacial score (nSPS) is 17.4. The molecule has 63 heavy (non-hydrogen) atoms. The molecule has 8 rings (SSSR count). The maximum absolute atomic E-state index is 12.4. The first-order chi connectivity index (χ1) is 30.6. The summed E-state index contributed by atoms with van der Waals surface area (Å²) in [6.45, 7) is 0.873. The van der Waals surface area contributed by atoms with Gasteiger partial charge in [0.1, 0.15) is 35.7 Å². The molecule has 2 saturated heterocycles. The third-order valence-corrected chi connectivity index (χ3v) is 11.4. The summed E-state index contributed by atoms with van der Waals surface area (Å²) in [7, 11) is -1.03. The molecule has 0 bridgehead atoms. The fourth-order valence-corrected chi connectivity index (χ4v) is 7.67. The molecule has 0 spiro atoms. The van der Waals surface area contributed by atoms with Gasteiger partial charge in [0.2, 0.25) is 0 Å². The van der Waals surface area contributed by atoms with Crippen LogP contribution in [0.2, 0.25) is 0 Å². The number of ether oxygens (including phenoxy) is 4. The number of esters is 2. The zero-order valence-electron chi connectivity index (χ0n) is 33.3. The van der Waals surface area contributed by atoms with Crippen LogP contribution in [0.4, 0.5) is 11.6 Å². The van der Waals surface area contributed by atoms with Gasteiger partial charge in [-0.2, -0.15) is 4.98 Å². The van der Waals surface area contributed by atoms with E-state index in [1.807, 2.05) is 24.3 Å². The second kappa shape index (κ2) is 23.2. The molecule has 3 N–H and O–H groups in total. The summed E-state index contributed by atoms with van der Waals surface area (Å²) in [5, 5.41) is 4.87. The number of carbonyl (C=O) groups excluding carboxylic acids is 4. The van der Waals surface area contributed by atoms with Crippen LogP contribution in [0.3, 0.4) is 0 Å². The molecule has 19 heteroatoms. The van der Waals surface area contributed by atoms with Gasteiger partial charge in [-0.15, -0.1) is 0 Å². The molecule has 0 aliphatic carbocycles. The van der Waals surface area contributed by atoms with Gasteiger partial charge in [0, 0.05) is 29.3 Å². The van der Waals surface area contributed by atoms with E-state index in [1.54, 1.807) is 109 Å². The molecule has 0 saturated carbocycles. The van der Waals surface area contributed by atoms with Crippen LogP contribution in [-0.4, -0.2) is 90.5 Å². The third-order valence-electron chi connectivity index (χ3n) is 8.71. The first kappa shape index (κ1) is 45.5. The molecule has 324 valence electrons. The molecule has 2 fully saturated rings. The SMILES string of the molecule is O=C(Nc1ccn([C@@H]2CO[C@H](COC(=O)c3ccccc3)S2)c(=O)n1)c1ccccc1.O=C(Nc1ccnc(=O)[nH]1)c1ccccc1.O=C(OC[C@H]1OCCS1=O)c1ccccc1. The van der Waals surface area contributed by atoms with Gasteiger partial charge in [-0.1, -0.05) is 84.6 Å². The van der Waals surface area contributed by atoms with E-state index in [1.165, 1.54) is 28.6 Å². The van der Waals surface area contributed by atoms with E-state index < -0.39 is 39.6 Å². The number of aromatic amines is 1. The van der Waals surface area contributed by atoms with Crippen molar-refractivity contribution in [2.75, 3.05) is 42.8 Å². The second-order valence-electron chi connectivity index (χ2n) is 13.1. The standard InChI is InChI=1S/C22H19N3O5S.C11H9N3O2.C11H12O4S/c26-20(15-7-3-1-4-8-15)23-17-11-12-25(22(28)24-17)18-13-29-19(31-18)14-30-21(27)16-9-5-2-6-10-16;15-10(8-4-2-1-3-5-8)13-9-6-7-12-11(16)14-9;12-11(9-4-2-1-3-5-9)15-8-10-14-6-7-16(10)13/h1-12,18-19H,13-14H2,(H,23,24,26,28);1-7H,(H2,12,13,14,15,16);1-5,10H,6-8H2/t18-,19-;;10-,16?/m0.0/s1. The highest BCUT2D eigenvalue weighted by Crippen LogP contribution is 2.35. The van der Waals surface area contributed by atoms with E-state index in [9.17, 15) is 33.0 Å². The van der Waals surface area contributed by atoms with Crippen LogP contribution in [0.25, 0.3) is 0 Å². The lowest BCUT2D eigenvalue weighted by Crippen LogP contribution is -2.27. The summed E-state index contributed by atoms with van der Waals surface area (Å²) >= 11 is 1.37. The van der Waals surface area contributed by atoms with Crippen molar-refractivity contribution in [1.82, 2.24) is 19.5 Å². The number of nitrogens with one attached hydrogen (secondary N) is 3. The number of benzene rings is 4. The maximum atomic E-state index is 12.4. The Kier molecular flexibility index (Phi) is 16.8. The van der Waals surface area contributed by atoms with E-state index in [0.29, 0.717) is 40.4 Å². The Morgan fingerprint density at radius 3 is 1.78 bits per heavy atom. The van der Waals surface area contributed by atoms with Crippen LogP contribution in [0, 0.1) is 0 Å². The Bertz CT molecular complexity index is 2600. The monoisotopic (exact) mass is 892 g/mol. The van der Waals surface area contributed by atoms with Crippen LogP contribution in [-0.2, 0) is 29.7 Å². The summed E-state index contributed by atoms with van der Waals surface area (Å²) in [5.74, 6) is -0.431. The van der Waals surface area contributed by atoms with Crippen LogP contribution >= 0.6 is 11.8 Å². The lowest BCUT2D eigenvalue weighted by atomic mass is 10.2. The number of hydrogen-bond donors (Lipinski definition) is 3. The van der Waals surface area contributed by atoms with E-state index in [-0.39, 0.29) is 48.3 Å². The smallest absolute Gasteiger partial charge is 0.350 e. The summed E-state index contributed by atoms with van der Waals surface area (Å²) in [6.07, 6.45) is 2.90. The molecule has 2 amide bonds. The van der Waals surface area contributed by atoms with Crippen molar-refractivity contribution >= 4 is 58.0 Å². The molecule has 1 unspecified atom stereocenters. The molecule has 2 aliphatic heterocycles. The first-order valence-electron chi connectivity index (χ1n) is 19.2. The Morgan fingerprint density at radius 2 is 1.25 bits per heavy atom. The van der Waals surface area contributed by atoms with Gasteiger partial charge < -0.3 is 29.6 Å². The zero-order chi connectivity index (χ0) is 44.4. The lowest BCUT2D eigenvalue weighted by molar-refractivity contribution is 0.0272. The zero-order valence-corrected chi connectivity index (χ0v) is 34.9. The maximum Gasteiger partial charge on any atom is 0.350 e. The molecule has 17 nitrogen and oxygen atoms in total. The molecule has 6 aromatic rings. The number of anilines is 2. The third kappa shape index (κ3) is 14.0. The number of amides is 2. The average molecular weight is 893 g/mol. The highest BCUT2D eigenvalue weighted by atomic mass is 32.2. The van der Waals surface area contributed by atoms with Crippen molar-refractivity contribution in [3.63, 3.8) is 0 Å². The van der Waals surface area contributed by atoms with Gasteiger partial charge in [0.05, 0.1) is 35.1 Å². The Labute approximate surface area is 366 Å². The molecule has 0 radical (unpaired) electrons. The quantitative estimate of drug-likeness (QED) is 0.147. The average Bonchev–Trinajstić information content (AvgIpc) is 3.97. The van der Waals surface area contributed by atoms with Crippen LogP contribution in [0.5, 0.6) is 0 Å². The van der Waals surface area contributed by atoms with Crippen LogP contribution in [0.15, 0.2) is 155 Å². The van der Waals surface area contributed by atoms with E-state index in [0.717, 1.165) is 0 Å². The number of nitrogens with zero attached hydrogens (tertiary/aromatic N) is 3. The molecule has 4 heterocycles. The molecule has 4 atom stereocenters. The fourth-order valence-electron chi connectivity index (χ4n) is 5.58. The van der Waals surface area contributed by atoms with Crippen molar-refractivity contribution in [1.29, 1.82) is 0 Å². The van der Waals surface area contributed by atoms with Crippen molar-refractivity contribution < 1.29 is 42.3 Å². The highest BCUT2D eigenvalue weighted by molar-refractivity contribution is 8.00. The molecule has 2 aliphatic rings. The van der Waals surface area contributed by atoms with Gasteiger partial charge in [-0.3, -0.25) is 23.3 Å². The van der Waals surface area contributed by atoms with Crippen LogP contribution in [0.1, 0.15) is 46.8 Å². The molecular formula is C44H40N6O11S2. The number of H-pyrrole nitrogens is 1. The minimum atomic E-state index is -1.03. The van der Waals surface area contributed by atoms with Gasteiger partial charge in [-0.25, -0.2) is 24.2 Å². The van der Waals surface area contributed by atoms with Crippen molar-refractivity contribution in [3.05, 3.63) is 189 Å². The Morgan fingerprint density at radius 1 is 0.714 bits per heavy atom. The van der Waals surface area contributed by atoms with Crippen molar-refractivity contribution in [2.45, 2.75) is 16.2 Å². The van der Waals surface area contributed by atoms with E-state index in [4.69, 9.17) is 18.9 Å². The predicted molar refractivity (Wildman–Crippen MR) is 235 cm³/mol. The predicted octanol–water partition coefficient (Wildman–Crippen LogP) is 4.91. The minimum Gasteiger partial charge on any atom is -0.458 e. The van der Waals surface area contributed by atoms with Gasteiger partial charge in [0.15, 0.2) is 5.44 Å². The summed E-state index contributed by atoms with van der Waals surface area (Å²) in [5.41, 5.74) is 0.109. The molecule has 2 aromatic heterocycles. The van der Waals surface area contributed by atoms with E-state index in [2.05, 4.69) is 25.6 Å². The Balaban J connectivity index is 0.000000173. The summed E-state index contributed by atoms with van der Waals surface area (Å²) in [6, 6.07) is 37.9. The van der Waals surface area contributed by atoms with Gasteiger partial charge >= 0.3 is 23.3 Å². The Hall–Kier alpha value is -7.06.